The summed E-state index contributed by atoms with van der Waals surface area (Å²) in [7, 11) is -3.80. The first-order valence-electron chi connectivity index (χ1n) is 8.66. The lowest BCUT2D eigenvalue weighted by Gasteiger charge is -2.19. The number of rotatable bonds is 7. The van der Waals surface area contributed by atoms with E-state index in [4.69, 9.17) is 0 Å². The summed E-state index contributed by atoms with van der Waals surface area (Å²) in [6.07, 6.45) is 0.924. The Kier molecular flexibility index (Phi) is 5.89. The molecule has 6 heteroatoms. The first kappa shape index (κ1) is 19.5. The third kappa shape index (κ3) is 4.53. The van der Waals surface area contributed by atoms with Crippen molar-refractivity contribution >= 4 is 27.1 Å². The minimum absolute atomic E-state index is 0.0851. The second-order valence-electron chi connectivity index (χ2n) is 6.25. The Labute approximate surface area is 163 Å². The van der Waals surface area contributed by atoms with Crippen molar-refractivity contribution in [1.82, 2.24) is 4.72 Å². The minimum atomic E-state index is -3.80. The smallest absolute Gasteiger partial charge is 0.241 e. The predicted molar refractivity (Wildman–Crippen MR) is 109 cm³/mol. The van der Waals surface area contributed by atoms with Crippen molar-refractivity contribution in [1.29, 1.82) is 0 Å². The molecule has 27 heavy (non-hydrogen) atoms. The Bertz CT molecular complexity index is 1020. The SMILES string of the molecule is CCc1ccc([C@H](NS(=O)(=O)c2cccc(C(C)=O)c2)c2cccs2)cc1. The molecule has 4 nitrogen and oxygen atoms in total. The highest BCUT2D eigenvalue weighted by molar-refractivity contribution is 7.89. The molecule has 3 rings (SSSR count). The van der Waals surface area contributed by atoms with Gasteiger partial charge in [-0.05, 0) is 48.1 Å². The molecule has 1 aromatic heterocycles. The number of hydrogen-bond acceptors (Lipinski definition) is 4. The van der Waals surface area contributed by atoms with E-state index in [0.717, 1.165) is 16.9 Å². The lowest BCUT2D eigenvalue weighted by atomic mass is 10.0. The van der Waals surface area contributed by atoms with Gasteiger partial charge < -0.3 is 0 Å². The van der Waals surface area contributed by atoms with Crippen LogP contribution in [-0.4, -0.2) is 14.2 Å². The fourth-order valence-electron chi connectivity index (χ4n) is 2.80. The van der Waals surface area contributed by atoms with Gasteiger partial charge in [0, 0.05) is 10.4 Å². The Morgan fingerprint density at radius 2 is 1.81 bits per heavy atom. The summed E-state index contributed by atoms with van der Waals surface area (Å²) >= 11 is 1.50. The van der Waals surface area contributed by atoms with Crippen LogP contribution in [0.4, 0.5) is 0 Å². The monoisotopic (exact) mass is 399 g/mol. The molecule has 0 aliphatic carbocycles. The predicted octanol–water partition coefficient (Wildman–Crippen LogP) is 4.58. The van der Waals surface area contributed by atoms with E-state index in [1.54, 1.807) is 12.1 Å². The van der Waals surface area contributed by atoms with Crippen molar-refractivity contribution in [3.8, 4) is 0 Å². The molecule has 0 saturated carbocycles. The van der Waals surface area contributed by atoms with Crippen LogP contribution in [-0.2, 0) is 16.4 Å². The number of carbonyl (C=O) groups excluding carboxylic acids is 1. The number of benzene rings is 2. The number of thiophene rings is 1. The number of aryl methyl sites for hydroxylation is 1. The molecule has 0 saturated heterocycles. The van der Waals surface area contributed by atoms with Crippen molar-refractivity contribution in [3.63, 3.8) is 0 Å². The summed E-state index contributed by atoms with van der Waals surface area (Å²) in [6.45, 7) is 3.50. The van der Waals surface area contributed by atoms with E-state index >= 15 is 0 Å². The summed E-state index contributed by atoms with van der Waals surface area (Å²) in [4.78, 5) is 12.6. The highest BCUT2D eigenvalue weighted by Crippen LogP contribution is 2.28. The van der Waals surface area contributed by atoms with Crippen LogP contribution in [0.25, 0.3) is 0 Å². The third-order valence-corrected chi connectivity index (χ3v) is 6.73. The number of hydrogen-bond donors (Lipinski definition) is 1. The molecule has 0 spiro atoms. The Hall–Kier alpha value is -2.28. The van der Waals surface area contributed by atoms with Crippen molar-refractivity contribution < 1.29 is 13.2 Å². The minimum Gasteiger partial charge on any atom is -0.295 e. The Balaban J connectivity index is 1.98. The molecule has 2 aromatic carbocycles. The third-order valence-electron chi connectivity index (χ3n) is 4.37. The lowest BCUT2D eigenvalue weighted by molar-refractivity contribution is 0.101. The van der Waals surface area contributed by atoms with Gasteiger partial charge in [0.25, 0.3) is 0 Å². The molecule has 1 heterocycles. The van der Waals surface area contributed by atoms with E-state index < -0.39 is 16.1 Å². The maximum absolute atomic E-state index is 13.0. The van der Waals surface area contributed by atoms with Gasteiger partial charge in [0.05, 0.1) is 10.9 Å². The molecule has 0 radical (unpaired) electrons. The number of sulfonamides is 1. The maximum atomic E-state index is 13.0. The molecule has 0 aliphatic heterocycles. The number of ketones is 1. The number of carbonyl (C=O) groups is 1. The van der Waals surface area contributed by atoms with Crippen LogP contribution in [0.2, 0.25) is 0 Å². The van der Waals surface area contributed by atoms with Crippen LogP contribution in [0, 0.1) is 0 Å². The van der Waals surface area contributed by atoms with Crippen LogP contribution >= 0.6 is 11.3 Å². The van der Waals surface area contributed by atoms with Crippen LogP contribution in [0.3, 0.4) is 0 Å². The second-order valence-corrected chi connectivity index (χ2v) is 8.94. The van der Waals surface area contributed by atoms with Crippen molar-refractivity contribution in [2.45, 2.75) is 31.2 Å². The van der Waals surface area contributed by atoms with E-state index in [2.05, 4.69) is 11.6 Å². The van der Waals surface area contributed by atoms with Crippen LogP contribution < -0.4 is 4.72 Å². The molecular weight excluding hydrogens is 378 g/mol. The lowest BCUT2D eigenvalue weighted by Crippen LogP contribution is -2.29. The van der Waals surface area contributed by atoms with Crippen LogP contribution in [0.5, 0.6) is 0 Å². The molecule has 0 bridgehead atoms. The van der Waals surface area contributed by atoms with Gasteiger partial charge >= 0.3 is 0 Å². The first-order chi connectivity index (χ1) is 12.9. The van der Waals surface area contributed by atoms with Gasteiger partial charge in [0.15, 0.2) is 5.78 Å². The molecule has 0 fully saturated rings. The fourth-order valence-corrected chi connectivity index (χ4v) is 4.92. The van der Waals surface area contributed by atoms with Gasteiger partial charge in [-0.2, -0.15) is 4.72 Å². The average molecular weight is 400 g/mol. The summed E-state index contributed by atoms with van der Waals surface area (Å²) < 4.78 is 28.8. The normalized spacial score (nSPS) is 12.7. The summed E-state index contributed by atoms with van der Waals surface area (Å²) in [6, 6.07) is 17.4. The fraction of sp³-hybridized carbons (Fsp3) is 0.190. The van der Waals surface area contributed by atoms with Gasteiger partial charge in [-0.15, -0.1) is 11.3 Å². The van der Waals surface area contributed by atoms with E-state index in [9.17, 15) is 13.2 Å². The molecule has 0 aliphatic rings. The summed E-state index contributed by atoms with van der Waals surface area (Å²) in [5, 5.41) is 1.92. The van der Waals surface area contributed by atoms with E-state index in [1.807, 2.05) is 41.8 Å². The zero-order chi connectivity index (χ0) is 19.4. The topological polar surface area (TPSA) is 63.2 Å². The Morgan fingerprint density at radius 3 is 2.41 bits per heavy atom. The molecular formula is C21H21NO3S2. The van der Waals surface area contributed by atoms with Crippen LogP contribution in [0.15, 0.2) is 70.9 Å². The average Bonchev–Trinajstić information content (AvgIpc) is 3.21. The van der Waals surface area contributed by atoms with Gasteiger partial charge in [-0.1, -0.05) is 49.4 Å². The van der Waals surface area contributed by atoms with Crippen molar-refractivity contribution in [3.05, 3.63) is 87.6 Å². The highest BCUT2D eigenvalue weighted by atomic mass is 32.2. The number of Topliss-reactive ketones (excluding diaryl/α,β-unsaturated/α-hetero) is 1. The van der Waals surface area contributed by atoms with Gasteiger partial charge in [0.2, 0.25) is 10.0 Å². The van der Waals surface area contributed by atoms with Gasteiger partial charge in [-0.3, -0.25) is 4.79 Å². The van der Waals surface area contributed by atoms with Crippen molar-refractivity contribution in [2.24, 2.45) is 0 Å². The molecule has 3 aromatic rings. The highest BCUT2D eigenvalue weighted by Gasteiger charge is 2.24. The molecule has 0 unspecified atom stereocenters. The van der Waals surface area contributed by atoms with E-state index in [-0.39, 0.29) is 10.7 Å². The summed E-state index contributed by atoms with van der Waals surface area (Å²) in [5.74, 6) is -0.169. The quantitative estimate of drug-likeness (QED) is 0.592. The molecule has 140 valence electrons. The Morgan fingerprint density at radius 1 is 1.07 bits per heavy atom. The van der Waals surface area contributed by atoms with E-state index in [0.29, 0.717) is 5.56 Å². The van der Waals surface area contributed by atoms with Crippen molar-refractivity contribution in [2.75, 3.05) is 0 Å². The largest absolute Gasteiger partial charge is 0.295 e. The van der Waals surface area contributed by atoms with Gasteiger partial charge in [-0.25, -0.2) is 8.42 Å². The number of nitrogens with one attached hydrogen (secondary N) is 1. The first-order valence-corrected chi connectivity index (χ1v) is 11.0. The molecule has 1 atom stereocenters. The molecule has 0 amide bonds. The molecule has 1 N–H and O–H groups in total. The zero-order valence-corrected chi connectivity index (χ0v) is 16.8. The summed E-state index contributed by atoms with van der Waals surface area (Å²) in [5.41, 5.74) is 2.44. The van der Waals surface area contributed by atoms with Crippen LogP contribution in [0.1, 0.15) is 46.3 Å². The van der Waals surface area contributed by atoms with E-state index in [1.165, 1.54) is 36.0 Å². The zero-order valence-electron chi connectivity index (χ0n) is 15.2. The second kappa shape index (κ2) is 8.17. The maximum Gasteiger partial charge on any atom is 0.241 e. The van der Waals surface area contributed by atoms with Gasteiger partial charge in [0.1, 0.15) is 0 Å². The standard InChI is InChI=1S/C21H21NO3S2/c1-3-16-9-11-17(12-10-16)21(20-8-5-13-26-20)22-27(24,25)19-7-4-6-18(14-19)15(2)23/h4-14,21-22H,3H2,1-2H3/t21-/m0/s1.